The molecule has 11 N–H and O–H groups in total. The summed E-state index contributed by atoms with van der Waals surface area (Å²) in [7, 11) is 0. The number of carbonyl (C=O) groups is 4. The Kier molecular flexibility index (Phi) is 14.1. The van der Waals surface area contributed by atoms with Crippen molar-refractivity contribution in [2.24, 2.45) is 28.1 Å². The minimum Gasteiger partial charge on any atom is -0.480 e. The number of carbonyl (C=O) groups excluding carboxylic acids is 3. The van der Waals surface area contributed by atoms with Crippen LogP contribution in [-0.2, 0) is 25.6 Å². The van der Waals surface area contributed by atoms with E-state index in [4.69, 9.17) is 17.2 Å². The fourth-order valence-corrected chi connectivity index (χ4v) is 4.86. The quantitative estimate of drug-likeness (QED) is 0.0669. The van der Waals surface area contributed by atoms with Crippen LogP contribution in [0.1, 0.15) is 45.1 Å². The van der Waals surface area contributed by atoms with E-state index in [-0.39, 0.29) is 31.3 Å². The number of guanidine groups is 1. The molecule has 5 atom stereocenters. The third-order valence-electron chi connectivity index (χ3n) is 7.06. The lowest BCUT2D eigenvalue weighted by Gasteiger charge is -2.26. The van der Waals surface area contributed by atoms with Crippen LogP contribution in [-0.4, -0.2) is 82.5 Å². The Hall–Kier alpha value is -3.78. The van der Waals surface area contributed by atoms with Gasteiger partial charge in [0.05, 0.1) is 6.04 Å². The summed E-state index contributed by atoms with van der Waals surface area (Å²) in [6, 6.07) is 3.44. The van der Waals surface area contributed by atoms with Gasteiger partial charge < -0.3 is 43.2 Å². The Labute approximate surface area is 250 Å². The fourth-order valence-electron chi connectivity index (χ4n) is 4.37. The van der Waals surface area contributed by atoms with Crippen molar-refractivity contribution in [2.45, 2.75) is 70.1 Å². The number of amides is 3. The lowest BCUT2D eigenvalue weighted by Crippen LogP contribution is -2.58. The number of rotatable bonds is 18. The summed E-state index contributed by atoms with van der Waals surface area (Å²) in [5, 5.41) is 18.6. The summed E-state index contributed by atoms with van der Waals surface area (Å²) in [5.74, 6) is -2.71. The maximum atomic E-state index is 13.7. The lowest BCUT2D eigenvalue weighted by atomic mass is 9.98. The zero-order chi connectivity index (χ0) is 31.2. The highest BCUT2D eigenvalue weighted by atomic mass is 32.2. The number of hydrogen-bond donors (Lipinski definition) is 8. The molecule has 0 aliphatic heterocycles. The average Bonchev–Trinajstić information content (AvgIpc) is 3.37. The van der Waals surface area contributed by atoms with Gasteiger partial charge in [-0.05, 0) is 48.8 Å². The molecule has 0 bridgehead atoms. The molecule has 3 amide bonds. The van der Waals surface area contributed by atoms with Crippen LogP contribution in [0.25, 0.3) is 10.9 Å². The van der Waals surface area contributed by atoms with Crippen LogP contribution in [0.4, 0.5) is 0 Å². The second-order valence-corrected chi connectivity index (χ2v) is 11.2. The number of aliphatic imine (C=N–C) groups is 1. The van der Waals surface area contributed by atoms with Crippen LogP contribution in [0.5, 0.6) is 0 Å². The Morgan fingerprint density at radius 2 is 1.69 bits per heavy atom. The van der Waals surface area contributed by atoms with Crippen LogP contribution in [0.15, 0.2) is 35.5 Å². The van der Waals surface area contributed by atoms with Crippen LogP contribution < -0.4 is 33.2 Å². The Bertz CT molecular complexity index is 1230. The molecule has 5 unspecified atom stereocenters. The van der Waals surface area contributed by atoms with Gasteiger partial charge in [-0.25, -0.2) is 4.79 Å². The first kappa shape index (κ1) is 34.4. The number of nitrogens with two attached hydrogens (primary N) is 3. The number of fused-ring (bicyclic) bond motifs is 1. The normalized spacial score (nSPS) is 14.7. The van der Waals surface area contributed by atoms with Gasteiger partial charge in [-0.2, -0.15) is 11.8 Å². The molecule has 232 valence electrons. The number of hydrogen-bond acceptors (Lipinski definition) is 7. The highest BCUT2D eigenvalue weighted by Gasteiger charge is 2.32. The smallest absolute Gasteiger partial charge is 0.326 e. The number of carboxylic acid groups (broad SMARTS) is 1. The third kappa shape index (κ3) is 10.6. The molecule has 1 aromatic heterocycles. The summed E-state index contributed by atoms with van der Waals surface area (Å²) < 4.78 is 0. The van der Waals surface area contributed by atoms with Crippen molar-refractivity contribution in [1.82, 2.24) is 20.9 Å². The van der Waals surface area contributed by atoms with Crippen molar-refractivity contribution in [3.05, 3.63) is 36.0 Å². The minimum atomic E-state index is -1.17. The third-order valence-corrected chi connectivity index (χ3v) is 7.70. The largest absolute Gasteiger partial charge is 0.480 e. The number of nitrogens with zero attached hydrogens (tertiary/aromatic N) is 1. The van der Waals surface area contributed by atoms with E-state index >= 15 is 0 Å². The topological polar surface area (TPSA) is 231 Å². The number of aliphatic carboxylic acids is 1. The number of nitrogens with one attached hydrogen (secondary N) is 4. The van der Waals surface area contributed by atoms with Gasteiger partial charge in [0.2, 0.25) is 17.7 Å². The van der Waals surface area contributed by atoms with Gasteiger partial charge in [0, 0.05) is 30.1 Å². The molecule has 0 aliphatic carbocycles. The maximum absolute atomic E-state index is 13.7. The highest BCUT2D eigenvalue weighted by Crippen LogP contribution is 2.19. The number of thioether (sulfide) groups is 1. The van der Waals surface area contributed by atoms with Gasteiger partial charge in [0.1, 0.15) is 18.1 Å². The molecule has 14 heteroatoms. The van der Waals surface area contributed by atoms with Gasteiger partial charge in [-0.1, -0.05) is 38.5 Å². The zero-order valence-corrected chi connectivity index (χ0v) is 25.2. The van der Waals surface area contributed by atoms with Crippen LogP contribution >= 0.6 is 11.8 Å². The number of H-pyrrole nitrogens is 1. The Balaban J connectivity index is 2.32. The molecule has 2 rings (SSSR count). The maximum Gasteiger partial charge on any atom is 0.326 e. The molecule has 0 aliphatic rings. The molecule has 0 saturated carbocycles. The van der Waals surface area contributed by atoms with E-state index in [0.717, 1.165) is 16.5 Å². The number of aromatic nitrogens is 1. The molecule has 0 spiro atoms. The number of benzene rings is 1. The van der Waals surface area contributed by atoms with E-state index in [1.54, 1.807) is 24.9 Å². The first-order valence-corrected chi connectivity index (χ1v) is 15.4. The van der Waals surface area contributed by atoms with Crippen LogP contribution in [0, 0.1) is 5.92 Å². The number of para-hydroxylation sites is 1. The van der Waals surface area contributed by atoms with Crippen LogP contribution in [0.2, 0.25) is 0 Å². The number of carboxylic acids is 1. The van der Waals surface area contributed by atoms with E-state index < -0.39 is 47.9 Å². The monoisotopic (exact) mass is 604 g/mol. The van der Waals surface area contributed by atoms with Crippen LogP contribution in [0.3, 0.4) is 0 Å². The molecule has 2 aromatic rings. The highest BCUT2D eigenvalue weighted by molar-refractivity contribution is 7.98. The summed E-state index contributed by atoms with van der Waals surface area (Å²) >= 11 is 1.56. The van der Waals surface area contributed by atoms with Crippen molar-refractivity contribution in [3.63, 3.8) is 0 Å². The standard InChI is InChI=1S/C28H44N8O5S/c1-4-16(2)23(27(40)41)36-25(38)21(10-7-12-32-28(30)31)34-26(39)22(35-24(37)19(29)11-13-42-3)14-17-15-33-20-9-6-5-8-18(17)20/h5-6,8-9,15-16,19,21-23,33H,4,7,10-14,29H2,1-3H3,(H,34,39)(H,35,37)(H,36,38)(H,40,41)(H4,30,31,32). The minimum absolute atomic E-state index is 0.109. The predicted molar refractivity (Wildman–Crippen MR) is 166 cm³/mol. The molecule has 13 nitrogen and oxygen atoms in total. The SMILES string of the molecule is CCC(C)C(NC(=O)C(CCCN=C(N)N)NC(=O)C(Cc1c[nH]c2ccccc12)NC(=O)C(N)CCSC)C(=O)O. The van der Waals surface area contributed by atoms with E-state index in [1.165, 1.54) is 0 Å². The summed E-state index contributed by atoms with van der Waals surface area (Å²) in [5.41, 5.74) is 18.5. The number of aromatic amines is 1. The Morgan fingerprint density at radius 1 is 1.02 bits per heavy atom. The van der Waals surface area contributed by atoms with Gasteiger partial charge in [-0.15, -0.1) is 0 Å². The Morgan fingerprint density at radius 3 is 2.33 bits per heavy atom. The first-order valence-electron chi connectivity index (χ1n) is 14.0. The second-order valence-electron chi connectivity index (χ2n) is 10.2. The molecule has 0 fully saturated rings. The van der Waals surface area contributed by atoms with Gasteiger partial charge >= 0.3 is 5.97 Å². The molecule has 0 radical (unpaired) electrons. The predicted octanol–water partition coefficient (Wildman–Crippen LogP) is 0.430. The van der Waals surface area contributed by atoms with Gasteiger partial charge in [0.25, 0.3) is 0 Å². The van der Waals surface area contributed by atoms with Crippen molar-refractivity contribution in [2.75, 3.05) is 18.6 Å². The molecule has 0 saturated heterocycles. The molecule has 1 heterocycles. The summed E-state index contributed by atoms with van der Waals surface area (Å²) in [6.45, 7) is 3.75. The lowest BCUT2D eigenvalue weighted by molar-refractivity contribution is -0.144. The van der Waals surface area contributed by atoms with E-state index in [1.807, 2.05) is 37.4 Å². The molecule has 1 aromatic carbocycles. The molecular formula is C28H44N8O5S. The summed E-state index contributed by atoms with van der Waals surface area (Å²) in [6.07, 6.45) is 5.22. The second kappa shape index (κ2) is 17.2. The van der Waals surface area contributed by atoms with E-state index in [2.05, 4.69) is 25.9 Å². The van der Waals surface area contributed by atoms with Crippen molar-refractivity contribution in [3.8, 4) is 0 Å². The average molecular weight is 605 g/mol. The first-order chi connectivity index (χ1) is 20.0. The van der Waals surface area contributed by atoms with E-state index in [0.29, 0.717) is 25.0 Å². The summed E-state index contributed by atoms with van der Waals surface area (Å²) in [4.78, 5) is 58.9. The van der Waals surface area contributed by atoms with Crippen molar-refractivity contribution < 1.29 is 24.3 Å². The van der Waals surface area contributed by atoms with Crippen molar-refractivity contribution >= 4 is 52.3 Å². The van der Waals surface area contributed by atoms with Gasteiger partial charge in [0.15, 0.2) is 5.96 Å². The van der Waals surface area contributed by atoms with Gasteiger partial charge in [-0.3, -0.25) is 19.4 Å². The van der Waals surface area contributed by atoms with E-state index in [9.17, 15) is 24.3 Å². The fraction of sp³-hybridized carbons (Fsp3) is 0.536. The zero-order valence-electron chi connectivity index (χ0n) is 24.4. The molecular weight excluding hydrogens is 560 g/mol. The molecule has 42 heavy (non-hydrogen) atoms. The van der Waals surface area contributed by atoms with Crippen molar-refractivity contribution in [1.29, 1.82) is 0 Å².